The highest BCUT2D eigenvalue weighted by molar-refractivity contribution is 5.79. The van der Waals surface area contributed by atoms with Crippen molar-refractivity contribution in [3.63, 3.8) is 0 Å². The zero-order valence-corrected chi connectivity index (χ0v) is 20.5. The lowest BCUT2D eigenvalue weighted by atomic mass is 10.1. The molecular formula is C28H37N3O2. The zero-order chi connectivity index (χ0) is 23.8. The van der Waals surface area contributed by atoms with Crippen LogP contribution in [0.15, 0.2) is 53.3 Å². The fourth-order valence-corrected chi connectivity index (χ4v) is 4.30. The molecule has 1 amide bonds. The van der Waals surface area contributed by atoms with Gasteiger partial charge in [-0.15, -0.1) is 0 Å². The summed E-state index contributed by atoms with van der Waals surface area (Å²) in [5.74, 6) is 0.757. The summed E-state index contributed by atoms with van der Waals surface area (Å²) in [4.78, 5) is 33.8. The van der Waals surface area contributed by atoms with Gasteiger partial charge in [-0.1, -0.05) is 63.8 Å². The van der Waals surface area contributed by atoms with E-state index >= 15 is 0 Å². The minimum absolute atomic E-state index is 0.0983. The second-order valence-corrected chi connectivity index (χ2v) is 8.89. The summed E-state index contributed by atoms with van der Waals surface area (Å²) in [6.45, 7) is 8.99. The van der Waals surface area contributed by atoms with Crippen LogP contribution in [0.3, 0.4) is 0 Å². The third kappa shape index (κ3) is 5.89. The Balaban J connectivity index is 2.09. The van der Waals surface area contributed by atoms with Crippen LogP contribution < -0.4 is 5.56 Å². The number of aryl methyl sites for hydroxylation is 1. The number of hydrogen-bond acceptors (Lipinski definition) is 3. The molecule has 0 N–H and O–H groups in total. The summed E-state index contributed by atoms with van der Waals surface area (Å²) in [7, 11) is 0. The molecule has 1 heterocycles. The van der Waals surface area contributed by atoms with Gasteiger partial charge in [0.05, 0.1) is 22.6 Å². The van der Waals surface area contributed by atoms with E-state index in [-0.39, 0.29) is 17.5 Å². The first-order chi connectivity index (χ1) is 16.0. The van der Waals surface area contributed by atoms with Crippen molar-refractivity contribution in [2.75, 3.05) is 6.54 Å². The smallest absolute Gasteiger partial charge is 0.266 e. The van der Waals surface area contributed by atoms with Gasteiger partial charge in [0, 0.05) is 13.0 Å². The van der Waals surface area contributed by atoms with Crippen LogP contribution in [-0.4, -0.2) is 26.9 Å². The van der Waals surface area contributed by atoms with E-state index in [1.54, 1.807) is 4.57 Å². The standard InChI is InChI=1S/C28H37N3O2/c1-5-7-9-10-18-26(32)30(19-8-6-2)22(4)27-29-25-17-12-11-16-24(25)28(33)31(27)23-15-13-14-21(3)20-23/h11-17,20,22H,5-10,18-19H2,1-4H3. The number of unbranched alkanes of at least 4 members (excludes halogenated alkanes) is 4. The van der Waals surface area contributed by atoms with Crippen molar-refractivity contribution < 1.29 is 4.79 Å². The monoisotopic (exact) mass is 447 g/mol. The molecule has 0 spiro atoms. The van der Waals surface area contributed by atoms with Crippen molar-refractivity contribution in [1.29, 1.82) is 0 Å². The number of rotatable bonds is 11. The Morgan fingerprint density at radius 2 is 1.76 bits per heavy atom. The number of benzene rings is 2. The molecule has 0 aliphatic rings. The van der Waals surface area contributed by atoms with Gasteiger partial charge in [-0.25, -0.2) is 4.98 Å². The molecule has 2 aromatic carbocycles. The number of nitrogens with zero attached hydrogens (tertiary/aromatic N) is 3. The minimum atomic E-state index is -0.312. The molecular weight excluding hydrogens is 410 g/mol. The van der Waals surface area contributed by atoms with Crippen LogP contribution in [0, 0.1) is 6.92 Å². The minimum Gasteiger partial charge on any atom is -0.333 e. The maximum atomic E-state index is 13.6. The molecule has 5 heteroatoms. The molecule has 3 rings (SSSR count). The lowest BCUT2D eigenvalue weighted by Gasteiger charge is -2.31. The molecule has 1 aromatic heterocycles. The van der Waals surface area contributed by atoms with Gasteiger partial charge >= 0.3 is 0 Å². The normalized spacial score (nSPS) is 12.1. The SMILES string of the molecule is CCCCCCC(=O)N(CCCC)C(C)c1nc2ccccc2c(=O)n1-c1cccc(C)c1. The Morgan fingerprint density at radius 1 is 1.00 bits per heavy atom. The number of carbonyl (C=O) groups excluding carboxylic acids is 1. The summed E-state index contributed by atoms with van der Waals surface area (Å²) in [5.41, 5.74) is 2.42. The number of hydrogen-bond donors (Lipinski definition) is 0. The van der Waals surface area contributed by atoms with Crippen molar-refractivity contribution in [1.82, 2.24) is 14.5 Å². The summed E-state index contributed by atoms with van der Waals surface area (Å²) >= 11 is 0. The topological polar surface area (TPSA) is 55.2 Å². The van der Waals surface area contributed by atoms with Gasteiger partial charge in [0.1, 0.15) is 5.82 Å². The molecule has 1 atom stereocenters. The van der Waals surface area contributed by atoms with E-state index in [1.807, 2.05) is 67.3 Å². The fraction of sp³-hybridized carbons (Fsp3) is 0.464. The summed E-state index contributed by atoms with van der Waals surface area (Å²) < 4.78 is 1.70. The first-order valence-electron chi connectivity index (χ1n) is 12.4. The average Bonchev–Trinajstić information content (AvgIpc) is 2.82. The van der Waals surface area contributed by atoms with E-state index in [0.29, 0.717) is 29.7 Å². The lowest BCUT2D eigenvalue weighted by Crippen LogP contribution is -2.38. The predicted molar refractivity (Wildman–Crippen MR) is 136 cm³/mol. The van der Waals surface area contributed by atoms with Crippen LogP contribution in [-0.2, 0) is 4.79 Å². The second kappa shape index (κ2) is 11.8. The third-order valence-electron chi connectivity index (χ3n) is 6.22. The molecule has 0 saturated heterocycles. The molecule has 0 aliphatic carbocycles. The van der Waals surface area contributed by atoms with Crippen LogP contribution in [0.2, 0.25) is 0 Å². The van der Waals surface area contributed by atoms with Gasteiger partial charge in [-0.2, -0.15) is 0 Å². The molecule has 0 fully saturated rings. The van der Waals surface area contributed by atoms with Crippen molar-refractivity contribution in [3.05, 3.63) is 70.3 Å². The predicted octanol–water partition coefficient (Wildman–Crippen LogP) is 6.35. The number of fused-ring (bicyclic) bond motifs is 1. The van der Waals surface area contributed by atoms with E-state index < -0.39 is 0 Å². The van der Waals surface area contributed by atoms with Crippen LogP contribution in [0.25, 0.3) is 16.6 Å². The Kier molecular flexibility index (Phi) is 8.81. The fourth-order valence-electron chi connectivity index (χ4n) is 4.30. The highest BCUT2D eigenvalue weighted by Gasteiger charge is 2.26. The van der Waals surface area contributed by atoms with Crippen molar-refractivity contribution in [3.8, 4) is 5.69 Å². The van der Waals surface area contributed by atoms with Gasteiger partial charge in [-0.3, -0.25) is 14.2 Å². The Hall–Kier alpha value is -2.95. The van der Waals surface area contributed by atoms with Crippen LogP contribution in [0.1, 0.15) is 83.1 Å². The molecule has 0 aliphatic heterocycles. The Morgan fingerprint density at radius 3 is 2.48 bits per heavy atom. The second-order valence-electron chi connectivity index (χ2n) is 8.89. The largest absolute Gasteiger partial charge is 0.333 e. The summed E-state index contributed by atoms with van der Waals surface area (Å²) in [6.07, 6.45) is 6.73. The highest BCUT2D eigenvalue weighted by Crippen LogP contribution is 2.25. The first-order valence-corrected chi connectivity index (χ1v) is 12.4. The molecule has 33 heavy (non-hydrogen) atoms. The molecule has 0 bridgehead atoms. The zero-order valence-electron chi connectivity index (χ0n) is 20.5. The molecule has 0 radical (unpaired) electrons. The van der Waals surface area contributed by atoms with E-state index in [2.05, 4.69) is 13.8 Å². The van der Waals surface area contributed by atoms with Crippen LogP contribution >= 0.6 is 0 Å². The van der Waals surface area contributed by atoms with Crippen molar-refractivity contribution >= 4 is 16.8 Å². The lowest BCUT2D eigenvalue weighted by molar-refractivity contribution is -0.133. The summed E-state index contributed by atoms with van der Waals surface area (Å²) in [5, 5.41) is 0.584. The van der Waals surface area contributed by atoms with E-state index in [9.17, 15) is 9.59 Å². The maximum absolute atomic E-state index is 13.6. The Labute approximate surface area is 197 Å². The van der Waals surface area contributed by atoms with Gasteiger partial charge in [-0.05, 0) is 56.5 Å². The molecule has 3 aromatic rings. The van der Waals surface area contributed by atoms with Crippen molar-refractivity contribution in [2.24, 2.45) is 0 Å². The van der Waals surface area contributed by atoms with E-state index in [4.69, 9.17) is 4.98 Å². The third-order valence-corrected chi connectivity index (χ3v) is 6.22. The van der Waals surface area contributed by atoms with Gasteiger partial charge in [0.2, 0.25) is 5.91 Å². The Bertz CT molecular complexity index is 1140. The number of carbonyl (C=O) groups is 1. The van der Waals surface area contributed by atoms with Gasteiger partial charge in [0.15, 0.2) is 0 Å². The molecule has 176 valence electrons. The van der Waals surface area contributed by atoms with E-state index in [0.717, 1.165) is 49.8 Å². The highest BCUT2D eigenvalue weighted by atomic mass is 16.2. The van der Waals surface area contributed by atoms with Crippen LogP contribution in [0.4, 0.5) is 0 Å². The van der Waals surface area contributed by atoms with Crippen LogP contribution in [0.5, 0.6) is 0 Å². The molecule has 1 unspecified atom stereocenters. The number of aromatic nitrogens is 2. The number of amides is 1. The van der Waals surface area contributed by atoms with Crippen molar-refractivity contribution in [2.45, 2.75) is 78.7 Å². The number of para-hydroxylation sites is 1. The quantitative estimate of drug-likeness (QED) is 0.322. The van der Waals surface area contributed by atoms with E-state index in [1.165, 1.54) is 0 Å². The van der Waals surface area contributed by atoms with Gasteiger partial charge in [0.25, 0.3) is 5.56 Å². The molecule has 5 nitrogen and oxygen atoms in total. The first kappa shape index (κ1) is 24.7. The summed E-state index contributed by atoms with van der Waals surface area (Å²) in [6, 6.07) is 15.0. The maximum Gasteiger partial charge on any atom is 0.266 e. The molecule has 0 saturated carbocycles. The van der Waals surface area contributed by atoms with Gasteiger partial charge < -0.3 is 4.90 Å². The average molecular weight is 448 g/mol.